The fourth-order valence-corrected chi connectivity index (χ4v) is 5.07. The molecule has 0 saturated carbocycles. The van der Waals surface area contributed by atoms with Crippen LogP contribution in [0.4, 0.5) is 0 Å². The van der Waals surface area contributed by atoms with Crippen molar-refractivity contribution in [2.45, 2.75) is 111 Å². The van der Waals surface area contributed by atoms with Gasteiger partial charge in [-0.2, -0.15) is 4.57 Å². The highest BCUT2D eigenvalue weighted by Crippen LogP contribution is 2.13. The molecule has 0 aliphatic rings. The molecule has 2 aromatic heterocycles. The average molecular weight is 479 g/mol. The predicted octanol–water partition coefficient (Wildman–Crippen LogP) is 5.07. The number of H-pyrrole nitrogens is 1. The Morgan fingerprint density at radius 1 is 0.939 bits per heavy atom. The fraction of sp³-hybridized carbons (Fsp3) is 0.731. The van der Waals surface area contributed by atoms with Crippen LogP contribution >= 0.6 is 11.3 Å². The van der Waals surface area contributed by atoms with E-state index in [9.17, 15) is 9.59 Å². The van der Waals surface area contributed by atoms with Gasteiger partial charge in [-0.1, -0.05) is 76.0 Å². The van der Waals surface area contributed by atoms with E-state index in [4.69, 9.17) is 4.74 Å². The Labute approximate surface area is 203 Å². The maximum absolute atomic E-state index is 11.9. The zero-order valence-electron chi connectivity index (χ0n) is 21.0. The zero-order valence-corrected chi connectivity index (χ0v) is 21.8. The van der Waals surface area contributed by atoms with Gasteiger partial charge < -0.3 is 9.30 Å². The first-order valence-electron chi connectivity index (χ1n) is 12.9. The number of thiazole rings is 1. The largest absolute Gasteiger partial charge is 0.381 e. The van der Waals surface area contributed by atoms with E-state index >= 15 is 0 Å². The SMILES string of the molecule is CCCCCCCCCCCCOCCc1sc[n+](CCCn2cc(C)c(=O)[nH]c2=O)c1C. The second-order valence-corrected chi connectivity index (χ2v) is 10.0. The van der Waals surface area contributed by atoms with E-state index in [1.807, 2.05) is 0 Å². The monoisotopic (exact) mass is 478 g/mol. The summed E-state index contributed by atoms with van der Waals surface area (Å²) in [7, 11) is 0. The van der Waals surface area contributed by atoms with Crippen LogP contribution in [0, 0.1) is 13.8 Å². The number of aromatic nitrogens is 3. The summed E-state index contributed by atoms with van der Waals surface area (Å²) < 4.78 is 9.72. The Morgan fingerprint density at radius 2 is 1.61 bits per heavy atom. The van der Waals surface area contributed by atoms with Crippen molar-refractivity contribution in [2.24, 2.45) is 0 Å². The third-order valence-electron chi connectivity index (χ3n) is 6.26. The maximum Gasteiger partial charge on any atom is 0.328 e. The van der Waals surface area contributed by atoms with Crippen molar-refractivity contribution in [1.82, 2.24) is 9.55 Å². The summed E-state index contributed by atoms with van der Waals surface area (Å²) in [6, 6.07) is 0. The molecule has 1 N–H and O–H groups in total. The lowest BCUT2D eigenvalue weighted by molar-refractivity contribution is -0.698. The summed E-state index contributed by atoms with van der Waals surface area (Å²) in [4.78, 5) is 27.1. The van der Waals surface area contributed by atoms with E-state index in [0.29, 0.717) is 12.1 Å². The second-order valence-electron chi connectivity index (χ2n) is 9.09. The van der Waals surface area contributed by atoms with Gasteiger partial charge in [-0.3, -0.25) is 9.78 Å². The molecule has 0 spiro atoms. The van der Waals surface area contributed by atoms with Crippen molar-refractivity contribution < 1.29 is 9.30 Å². The molecule has 6 nitrogen and oxygen atoms in total. The van der Waals surface area contributed by atoms with Gasteiger partial charge in [0.15, 0.2) is 12.2 Å². The van der Waals surface area contributed by atoms with Gasteiger partial charge in [0.2, 0.25) is 5.51 Å². The summed E-state index contributed by atoms with van der Waals surface area (Å²) >= 11 is 1.78. The smallest absolute Gasteiger partial charge is 0.328 e. The lowest BCUT2D eigenvalue weighted by Gasteiger charge is -2.05. The summed E-state index contributed by atoms with van der Waals surface area (Å²) in [5, 5.41) is 0. The molecule has 0 fully saturated rings. The first-order valence-corrected chi connectivity index (χ1v) is 13.8. The summed E-state index contributed by atoms with van der Waals surface area (Å²) in [6.45, 7) is 9.25. The van der Waals surface area contributed by atoms with E-state index in [1.165, 1.54) is 74.8 Å². The van der Waals surface area contributed by atoms with Gasteiger partial charge in [-0.15, -0.1) is 0 Å². The summed E-state index contributed by atoms with van der Waals surface area (Å²) in [5.41, 5.74) is 3.37. The molecular formula is C26H44N3O3S+. The van der Waals surface area contributed by atoms with Gasteiger partial charge in [-0.05, 0) is 13.3 Å². The Morgan fingerprint density at radius 3 is 2.30 bits per heavy atom. The second kappa shape index (κ2) is 16.0. The Bertz CT molecular complexity index is 916. The number of hydrogen-bond donors (Lipinski definition) is 1. The minimum atomic E-state index is -0.335. The first-order chi connectivity index (χ1) is 16.0. The van der Waals surface area contributed by atoms with E-state index in [0.717, 1.165) is 32.6 Å². The molecule has 0 radical (unpaired) electrons. The molecule has 2 rings (SSSR count). The van der Waals surface area contributed by atoms with Crippen molar-refractivity contribution >= 4 is 11.3 Å². The minimum absolute atomic E-state index is 0.306. The standard InChI is InChI=1S/C26H43N3O3S/c1-4-5-6-7-8-9-10-11-12-13-18-32-19-15-24-23(3)29(21-33-24)17-14-16-28-20-22(2)25(30)27-26(28)31/h20-21H,4-19H2,1-3H3/p+1. The van der Waals surface area contributed by atoms with Crippen molar-refractivity contribution in [3.05, 3.63) is 48.7 Å². The van der Waals surface area contributed by atoms with Gasteiger partial charge in [0.05, 0.1) is 11.5 Å². The summed E-state index contributed by atoms with van der Waals surface area (Å²) in [5.74, 6) is 0. The molecule has 0 aliphatic carbocycles. The van der Waals surface area contributed by atoms with Gasteiger partial charge in [0.1, 0.15) is 0 Å². The van der Waals surface area contributed by atoms with Crippen LogP contribution in [0.25, 0.3) is 0 Å². The molecule has 2 heterocycles. The van der Waals surface area contributed by atoms with Crippen LogP contribution in [0.1, 0.15) is 93.7 Å². The molecule has 0 amide bonds. The number of hydrogen-bond acceptors (Lipinski definition) is 4. The number of aromatic amines is 1. The van der Waals surface area contributed by atoms with Crippen molar-refractivity contribution in [3.8, 4) is 0 Å². The zero-order chi connectivity index (χ0) is 23.9. The third kappa shape index (κ3) is 10.4. The van der Waals surface area contributed by atoms with Crippen LogP contribution in [0.5, 0.6) is 0 Å². The molecular weight excluding hydrogens is 434 g/mol. The first kappa shape index (κ1) is 27.5. The van der Waals surface area contributed by atoms with Crippen LogP contribution in [0.2, 0.25) is 0 Å². The molecule has 0 aliphatic heterocycles. The molecule has 2 aromatic rings. The van der Waals surface area contributed by atoms with E-state index < -0.39 is 0 Å². The third-order valence-corrected chi connectivity index (χ3v) is 7.40. The number of rotatable bonds is 18. The number of nitrogens with one attached hydrogen (secondary N) is 1. The molecule has 7 heteroatoms. The van der Waals surface area contributed by atoms with Gasteiger partial charge in [-0.25, -0.2) is 4.79 Å². The molecule has 186 valence electrons. The molecule has 0 saturated heterocycles. The highest BCUT2D eigenvalue weighted by Gasteiger charge is 2.15. The molecule has 33 heavy (non-hydrogen) atoms. The van der Waals surface area contributed by atoms with Gasteiger partial charge in [0.25, 0.3) is 5.56 Å². The highest BCUT2D eigenvalue weighted by molar-refractivity contribution is 7.09. The fourth-order valence-electron chi connectivity index (χ4n) is 4.07. The summed E-state index contributed by atoms with van der Waals surface area (Å²) in [6.07, 6.45) is 16.9. The Kier molecular flexibility index (Phi) is 13.3. The number of nitrogens with zero attached hydrogens (tertiary/aromatic N) is 2. The van der Waals surface area contributed by atoms with Crippen molar-refractivity contribution in [3.63, 3.8) is 0 Å². The van der Waals surface area contributed by atoms with E-state index in [-0.39, 0.29) is 11.2 Å². The normalized spacial score (nSPS) is 11.4. The number of ether oxygens (including phenoxy) is 1. The van der Waals surface area contributed by atoms with Crippen molar-refractivity contribution in [2.75, 3.05) is 13.2 Å². The van der Waals surface area contributed by atoms with E-state index in [1.54, 1.807) is 29.0 Å². The molecule has 0 unspecified atom stereocenters. The van der Waals surface area contributed by atoms with Crippen LogP contribution in [0.15, 0.2) is 21.3 Å². The molecule has 0 aromatic carbocycles. The van der Waals surface area contributed by atoms with Crippen LogP contribution in [0.3, 0.4) is 0 Å². The van der Waals surface area contributed by atoms with Crippen LogP contribution < -0.4 is 15.8 Å². The number of unbranched alkanes of at least 4 members (excludes halogenated alkanes) is 9. The van der Waals surface area contributed by atoms with Crippen LogP contribution in [-0.4, -0.2) is 22.8 Å². The lowest BCUT2D eigenvalue weighted by Crippen LogP contribution is -2.36. The van der Waals surface area contributed by atoms with Crippen LogP contribution in [-0.2, 0) is 24.2 Å². The Balaban J connectivity index is 1.55. The Hall–Kier alpha value is -1.73. The topological polar surface area (TPSA) is 68.0 Å². The van der Waals surface area contributed by atoms with Gasteiger partial charge >= 0.3 is 5.69 Å². The highest BCUT2D eigenvalue weighted by atomic mass is 32.1. The maximum atomic E-state index is 11.9. The number of aryl methyl sites for hydroxylation is 3. The average Bonchev–Trinajstić information content (AvgIpc) is 3.14. The van der Waals surface area contributed by atoms with Crippen molar-refractivity contribution in [1.29, 1.82) is 0 Å². The predicted molar refractivity (Wildman–Crippen MR) is 136 cm³/mol. The molecule has 0 bridgehead atoms. The van der Waals surface area contributed by atoms with Gasteiger partial charge in [0, 0.05) is 44.7 Å². The minimum Gasteiger partial charge on any atom is -0.381 e. The molecule has 0 atom stereocenters. The van der Waals surface area contributed by atoms with E-state index in [2.05, 4.69) is 28.9 Å². The lowest BCUT2D eigenvalue weighted by atomic mass is 10.1. The quantitative estimate of drug-likeness (QED) is 0.240.